The molecule has 0 bridgehead atoms. The fraction of sp³-hybridized carbons (Fsp3) is 0.400. The maximum atomic E-state index is 12.8. The van der Waals surface area contributed by atoms with Crippen LogP contribution in [0.15, 0.2) is 70.2 Å². The van der Waals surface area contributed by atoms with Crippen LogP contribution in [0, 0.1) is 12.8 Å². The first-order valence-corrected chi connectivity index (χ1v) is 10.8. The van der Waals surface area contributed by atoms with Crippen molar-refractivity contribution in [2.75, 3.05) is 13.7 Å². The smallest absolute Gasteiger partial charge is 0.416 e. The van der Waals surface area contributed by atoms with Crippen LogP contribution in [-0.4, -0.2) is 41.2 Å². The molecule has 1 aromatic rings. The molecule has 182 valence electrons. The fourth-order valence-corrected chi connectivity index (χ4v) is 3.50. The highest BCUT2D eigenvalue weighted by Crippen LogP contribution is 2.34. The number of benzene rings is 1. The topological polar surface area (TPSA) is 71.1 Å². The molecule has 0 saturated heterocycles. The molecule has 0 aromatic heterocycles. The summed E-state index contributed by atoms with van der Waals surface area (Å²) in [5, 5.41) is 13.7. The minimum absolute atomic E-state index is 0.0390. The molecule has 9 heteroatoms. The molecule has 1 N–H and O–H groups in total. The van der Waals surface area contributed by atoms with Crippen molar-refractivity contribution in [3.8, 4) is 11.5 Å². The number of aliphatic carboxylic acids is 1. The lowest BCUT2D eigenvalue weighted by atomic mass is 9.99. The van der Waals surface area contributed by atoms with Crippen molar-refractivity contribution in [1.29, 1.82) is 0 Å². The fourth-order valence-electron chi connectivity index (χ4n) is 3.50. The van der Waals surface area contributed by atoms with Crippen LogP contribution in [0.4, 0.5) is 13.2 Å². The zero-order chi connectivity index (χ0) is 25.3. The highest BCUT2D eigenvalue weighted by Gasteiger charge is 2.34. The second-order valence-corrected chi connectivity index (χ2v) is 8.85. The van der Waals surface area contributed by atoms with Crippen molar-refractivity contribution in [1.82, 2.24) is 0 Å². The van der Waals surface area contributed by atoms with Gasteiger partial charge in [0.1, 0.15) is 23.8 Å². The molecule has 2 aliphatic rings. The molecule has 0 fully saturated rings. The van der Waals surface area contributed by atoms with Gasteiger partial charge in [0.05, 0.1) is 11.5 Å². The van der Waals surface area contributed by atoms with Crippen LogP contribution < -0.4 is 9.47 Å². The third kappa shape index (κ3) is 5.76. The van der Waals surface area contributed by atoms with Gasteiger partial charge >= 0.3 is 12.1 Å². The van der Waals surface area contributed by atoms with Gasteiger partial charge in [-0.3, -0.25) is 0 Å². The van der Waals surface area contributed by atoms with Gasteiger partial charge in [-0.1, -0.05) is 16.8 Å². The van der Waals surface area contributed by atoms with E-state index in [0.717, 1.165) is 22.9 Å². The number of aryl methyl sites for hydroxylation is 1. The van der Waals surface area contributed by atoms with Crippen molar-refractivity contribution in [3.63, 3.8) is 0 Å². The van der Waals surface area contributed by atoms with Gasteiger partial charge in [-0.15, -0.1) is 0 Å². The van der Waals surface area contributed by atoms with E-state index in [1.165, 1.54) is 26.0 Å². The number of alkyl halides is 3. The normalized spacial score (nSPS) is 19.4. The Hall–Kier alpha value is -3.36. The number of carboxylic acids is 1. The van der Waals surface area contributed by atoms with Crippen molar-refractivity contribution in [2.45, 2.75) is 45.9 Å². The molecule has 1 aliphatic heterocycles. The number of rotatable bonds is 7. The number of carbonyl (C=O) groups is 1. The monoisotopic (exact) mass is 477 g/mol. The number of azo groups is 2. The van der Waals surface area contributed by atoms with Crippen LogP contribution in [-0.2, 0) is 4.79 Å². The molecule has 1 heterocycles. The summed E-state index contributed by atoms with van der Waals surface area (Å²) in [6.07, 6.45) is 1.40. The lowest BCUT2D eigenvalue weighted by Gasteiger charge is -2.23. The molecule has 0 saturated carbocycles. The van der Waals surface area contributed by atoms with E-state index in [9.17, 15) is 23.1 Å². The standard InChI is InChI=1S/C25H27F3N2O4/c1-15-12-19(10-11-22(15)34-24(3,4)23(31)32)33-14-16(2)21-13-20(29-30(21)5)17-6-8-18(9-7-17)25(26,27)28/h6,8-13,16H,7,14H2,1-5H3/p+1. The minimum Gasteiger partial charge on any atom is -0.493 e. The Labute approximate surface area is 196 Å². The molecule has 0 radical (unpaired) electrons. The van der Waals surface area contributed by atoms with E-state index in [0.29, 0.717) is 23.8 Å². The van der Waals surface area contributed by atoms with Crippen LogP contribution >= 0.6 is 0 Å². The number of hydrogen-bond donors (Lipinski definition) is 1. The molecular formula is C25H28F3N2O4+. The third-order valence-electron chi connectivity index (χ3n) is 5.61. The van der Waals surface area contributed by atoms with Crippen LogP contribution in [0.25, 0.3) is 0 Å². The second-order valence-electron chi connectivity index (χ2n) is 8.85. The third-order valence-corrected chi connectivity index (χ3v) is 5.61. The molecule has 34 heavy (non-hydrogen) atoms. The van der Waals surface area contributed by atoms with Crippen molar-refractivity contribution < 1.29 is 37.2 Å². The first-order valence-electron chi connectivity index (χ1n) is 10.8. The first-order chi connectivity index (χ1) is 15.8. The van der Waals surface area contributed by atoms with Crippen molar-refractivity contribution in [2.24, 2.45) is 11.0 Å². The SMILES string of the molecule is Cc1cc(OCC(C)C2=CC(=C3C=CC(C(F)(F)F)=CC3)N=[N+]2C)ccc1OC(C)(C)C(=O)O. The Kier molecular flexibility index (Phi) is 7.05. The number of nitrogens with zero attached hydrogens (tertiary/aromatic N) is 2. The number of carboxylic acid groups (broad SMARTS) is 1. The zero-order valence-electron chi connectivity index (χ0n) is 19.7. The molecule has 6 nitrogen and oxygen atoms in total. The predicted octanol–water partition coefficient (Wildman–Crippen LogP) is 5.95. The summed E-state index contributed by atoms with van der Waals surface area (Å²) in [4.78, 5) is 11.3. The summed E-state index contributed by atoms with van der Waals surface area (Å²) in [5.74, 6) is -0.0239. The number of ether oxygens (including phenoxy) is 2. The van der Waals surface area contributed by atoms with Crippen LogP contribution in [0.3, 0.4) is 0 Å². The molecular weight excluding hydrogens is 449 g/mol. The molecule has 1 unspecified atom stereocenters. The molecule has 1 aliphatic carbocycles. The van der Waals surface area contributed by atoms with Crippen molar-refractivity contribution in [3.05, 3.63) is 70.6 Å². The van der Waals surface area contributed by atoms with E-state index in [4.69, 9.17) is 9.47 Å². The summed E-state index contributed by atoms with van der Waals surface area (Å²) in [5.41, 5.74) is 0.993. The zero-order valence-corrected chi connectivity index (χ0v) is 19.7. The summed E-state index contributed by atoms with van der Waals surface area (Å²) >= 11 is 0. The number of hydrogen-bond acceptors (Lipinski definition) is 4. The van der Waals surface area contributed by atoms with E-state index in [-0.39, 0.29) is 12.3 Å². The van der Waals surface area contributed by atoms with E-state index in [1.54, 1.807) is 29.9 Å². The Morgan fingerprint density at radius 3 is 2.53 bits per heavy atom. The van der Waals surface area contributed by atoms with E-state index in [1.807, 2.05) is 19.9 Å². The van der Waals surface area contributed by atoms with Crippen molar-refractivity contribution >= 4 is 5.97 Å². The van der Waals surface area contributed by atoms with Crippen LogP contribution in [0.5, 0.6) is 11.5 Å². The predicted molar refractivity (Wildman–Crippen MR) is 120 cm³/mol. The Morgan fingerprint density at radius 2 is 1.97 bits per heavy atom. The lowest BCUT2D eigenvalue weighted by Crippen LogP contribution is -2.38. The highest BCUT2D eigenvalue weighted by atomic mass is 19.4. The molecule has 3 rings (SSSR count). The van der Waals surface area contributed by atoms with Crippen LogP contribution in [0.1, 0.15) is 32.8 Å². The average Bonchev–Trinajstić information content (AvgIpc) is 3.15. The van der Waals surface area contributed by atoms with Gasteiger partial charge in [-0.2, -0.15) is 13.2 Å². The number of allylic oxidation sites excluding steroid dienone is 6. The maximum absolute atomic E-state index is 12.8. The maximum Gasteiger partial charge on any atom is 0.416 e. The Morgan fingerprint density at radius 1 is 1.26 bits per heavy atom. The van der Waals surface area contributed by atoms with E-state index in [2.05, 4.69) is 5.11 Å². The molecule has 0 amide bonds. The van der Waals surface area contributed by atoms with Gasteiger partial charge in [-0.05, 0) is 74.6 Å². The summed E-state index contributed by atoms with van der Waals surface area (Å²) in [6, 6.07) is 5.17. The number of halogens is 3. The second kappa shape index (κ2) is 9.48. The van der Waals surface area contributed by atoms with Gasteiger partial charge < -0.3 is 14.6 Å². The summed E-state index contributed by atoms with van der Waals surface area (Å²) in [7, 11) is 1.79. The Balaban J connectivity index is 1.66. The minimum atomic E-state index is -4.35. The molecule has 0 spiro atoms. The molecule has 1 aromatic carbocycles. The average molecular weight is 478 g/mol. The van der Waals surface area contributed by atoms with E-state index >= 15 is 0 Å². The van der Waals surface area contributed by atoms with Gasteiger partial charge in [0.15, 0.2) is 12.6 Å². The first kappa shape index (κ1) is 25.3. The van der Waals surface area contributed by atoms with Crippen LogP contribution in [0.2, 0.25) is 0 Å². The van der Waals surface area contributed by atoms with Gasteiger partial charge in [-0.25, -0.2) is 4.79 Å². The quantitative estimate of drug-likeness (QED) is 0.493. The van der Waals surface area contributed by atoms with Gasteiger partial charge in [0, 0.05) is 6.08 Å². The highest BCUT2D eigenvalue weighted by molar-refractivity contribution is 5.76. The summed E-state index contributed by atoms with van der Waals surface area (Å²) in [6.45, 7) is 7.10. The Bertz CT molecular complexity index is 1140. The lowest BCUT2D eigenvalue weighted by molar-refractivity contribution is -0.515. The van der Waals surface area contributed by atoms with Gasteiger partial charge in [0.25, 0.3) is 0 Å². The molecule has 1 atom stereocenters. The van der Waals surface area contributed by atoms with Gasteiger partial charge in [0.2, 0.25) is 5.70 Å². The van der Waals surface area contributed by atoms with E-state index < -0.39 is 23.3 Å². The largest absolute Gasteiger partial charge is 0.493 e. The summed E-state index contributed by atoms with van der Waals surface area (Å²) < 4.78 is 51.7.